The van der Waals surface area contributed by atoms with Gasteiger partial charge in [-0.15, -0.1) is 0 Å². The maximum absolute atomic E-state index is 12.2. The van der Waals surface area contributed by atoms with Crippen molar-refractivity contribution < 1.29 is 19.1 Å². The maximum atomic E-state index is 12.2. The zero-order valence-corrected chi connectivity index (χ0v) is 12.0. The molecule has 0 saturated carbocycles. The Bertz CT molecular complexity index is 466. The second-order valence-corrected chi connectivity index (χ2v) is 4.45. The molecule has 0 radical (unpaired) electrons. The third-order valence-electron chi connectivity index (χ3n) is 3.25. The molecule has 1 aromatic rings. The highest BCUT2D eigenvalue weighted by molar-refractivity contribution is 6.66. The van der Waals surface area contributed by atoms with Crippen LogP contribution in [0.3, 0.4) is 0 Å². The average molecular weight is 285 g/mol. The van der Waals surface area contributed by atoms with E-state index in [1.807, 2.05) is 0 Å². The molecular weight excluding hydrogens is 268 g/mol. The Morgan fingerprint density at radius 2 is 1.68 bits per heavy atom. The van der Waals surface area contributed by atoms with Gasteiger partial charge in [0.25, 0.3) is 0 Å². The van der Waals surface area contributed by atoms with Gasteiger partial charge in [0, 0.05) is 0 Å². The molecule has 0 N–H and O–H groups in total. The minimum absolute atomic E-state index is 0.277. The summed E-state index contributed by atoms with van der Waals surface area (Å²) in [7, 11) is 1.48. The lowest BCUT2D eigenvalue weighted by molar-refractivity contribution is -0.150. The molecule has 0 aliphatic rings. The number of halogens is 1. The summed E-state index contributed by atoms with van der Waals surface area (Å²) >= 11 is 5.56. The fraction of sp³-hybridized carbons (Fsp3) is 0.429. The number of methoxy groups -OCH3 is 1. The van der Waals surface area contributed by atoms with Crippen molar-refractivity contribution >= 4 is 22.8 Å². The molecule has 19 heavy (non-hydrogen) atoms. The van der Waals surface area contributed by atoms with Crippen LogP contribution in [0.5, 0.6) is 11.5 Å². The van der Waals surface area contributed by atoms with Crippen LogP contribution in [0.4, 0.5) is 0 Å². The monoisotopic (exact) mass is 284 g/mol. The molecule has 0 spiro atoms. The average Bonchev–Trinajstić information content (AvgIpc) is 2.41. The quantitative estimate of drug-likeness (QED) is 0.348. The van der Waals surface area contributed by atoms with Gasteiger partial charge in [-0.1, -0.05) is 26.0 Å². The van der Waals surface area contributed by atoms with Crippen molar-refractivity contribution in [2.75, 3.05) is 7.11 Å². The van der Waals surface area contributed by atoms with Crippen LogP contribution < -0.4 is 9.47 Å². The highest BCUT2D eigenvalue weighted by Crippen LogP contribution is 2.34. The number of esters is 1. The van der Waals surface area contributed by atoms with Crippen molar-refractivity contribution in [2.24, 2.45) is 5.41 Å². The molecule has 0 aromatic heterocycles. The smallest absolute Gasteiger partial charge is 0.326 e. The number of ether oxygens (including phenoxy) is 2. The van der Waals surface area contributed by atoms with E-state index >= 15 is 0 Å². The van der Waals surface area contributed by atoms with Gasteiger partial charge >= 0.3 is 5.97 Å². The molecular formula is C14H17ClO4. The molecule has 104 valence electrons. The number of carbonyl (C=O) groups is 2. The topological polar surface area (TPSA) is 52.6 Å². The largest absolute Gasteiger partial charge is 0.493 e. The second kappa shape index (κ2) is 6.57. The molecule has 0 aliphatic carbocycles. The summed E-state index contributed by atoms with van der Waals surface area (Å²) in [5, 5.41) is -0.697. The lowest BCUT2D eigenvalue weighted by Crippen LogP contribution is -2.39. The summed E-state index contributed by atoms with van der Waals surface area (Å²) in [6, 6.07) is 6.75. The van der Waals surface area contributed by atoms with Crippen molar-refractivity contribution in [1.29, 1.82) is 0 Å². The molecule has 4 nitrogen and oxygen atoms in total. The first-order valence-corrected chi connectivity index (χ1v) is 6.44. The Balaban J connectivity index is 3.04. The van der Waals surface area contributed by atoms with Crippen molar-refractivity contribution in [1.82, 2.24) is 0 Å². The Kier molecular flexibility index (Phi) is 5.36. The molecule has 1 rings (SSSR count). The summed E-state index contributed by atoms with van der Waals surface area (Å²) < 4.78 is 10.4. The molecule has 5 heteroatoms. The maximum Gasteiger partial charge on any atom is 0.326 e. The minimum atomic E-state index is -1.30. The first kappa shape index (κ1) is 15.5. The second-order valence-electron chi connectivity index (χ2n) is 4.10. The summed E-state index contributed by atoms with van der Waals surface area (Å²) in [6.45, 7) is 3.46. The number of benzene rings is 1. The first-order valence-electron chi connectivity index (χ1n) is 6.07. The molecule has 1 aromatic carbocycles. The van der Waals surface area contributed by atoms with E-state index in [0.717, 1.165) is 0 Å². The van der Waals surface area contributed by atoms with Crippen LogP contribution in [0.1, 0.15) is 26.7 Å². The summed E-state index contributed by atoms with van der Waals surface area (Å²) in [6.07, 6.45) is 0.583. The number of para-hydroxylation sites is 2. The number of carbonyl (C=O) groups excluding carboxylic acids is 2. The van der Waals surface area contributed by atoms with E-state index in [-0.39, 0.29) is 5.75 Å². The zero-order valence-electron chi connectivity index (χ0n) is 11.2. The van der Waals surface area contributed by atoms with Crippen LogP contribution in [0, 0.1) is 5.41 Å². The van der Waals surface area contributed by atoms with E-state index in [1.54, 1.807) is 38.1 Å². The van der Waals surface area contributed by atoms with Crippen molar-refractivity contribution in [3.05, 3.63) is 24.3 Å². The Morgan fingerprint density at radius 3 is 2.11 bits per heavy atom. The highest BCUT2D eigenvalue weighted by Gasteiger charge is 2.43. The van der Waals surface area contributed by atoms with Crippen LogP contribution in [0.25, 0.3) is 0 Å². The summed E-state index contributed by atoms with van der Waals surface area (Å²) in [5.74, 6) is 0.0557. The van der Waals surface area contributed by atoms with Crippen LogP contribution in [0.15, 0.2) is 24.3 Å². The molecule has 0 unspecified atom stereocenters. The van der Waals surface area contributed by atoms with Crippen LogP contribution in [0.2, 0.25) is 0 Å². The minimum Gasteiger partial charge on any atom is -0.493 e. The van der Waals surface area contributed by atoms with Gasteiger partial charge in [0.1, 0.15) is 5.41 Å². The predicted molar refractivity (Wildman–Crippen MR) is 72.5 cm³/mol. The zero-order chi connectivity index (χ0) is 14.5. The van der Waals surface area contributed by atoms with Gasteiger partial charge in [-0.05, 0) is 36.6 Å². The van der Waals surface area contributed by atoms with E-state index in [1.165, 1.54) is 7.11 Å². The normalized spacial score (nSPS) is 10.9. The summed E-state index contributed by atoms with van der Waals surface area (Å²) in [4.78, 5) is 23.8. The van der Waals surface area contributed by atoms with E-state index in [4.69, 9.17) is 21.1 Å². The van der Waals surface area contributed by atoms with Gasteiger partial charge in [0.2, 0.25) is 5.24 Å². The fourth-order valence-corrected chi connectivity index (χ4v) is 2.14. The molecule has 0 fully saturated rings. The van der Waals surface area contributed by atoms with Gasteiger partial charge in [-0.25, -0.2) is 0 Å². The van der Waals surface area contributed by atoms with E-state index in [9.17, 15) is 9.59 Å². The molecule has 0 amide bonds. The molecule has 0 atom stereocenters. The Morgan fingerprint density at radius 1 is 1.16 bits per heavy atom. The third kappa shape index (κ3) is 3.07. The molecule has 0 saturated heterocycles. The standard InChI is InChI=1S/C14H17ClO4/c1-4-14(5-2,12(15)16)13(17)19-11-9-7-6-8-10(11)18-3/h6-9H,4-5H2,1-3H3. The number of rotatable bonds is 6. The third-order valence-corrected chi connectivity index (χ3v) is 3.61. The summed E-state index contributed by atoms with van der Waals surface area (Å²) in [5.41, 5.74) is -1.30. The SMILES string of the molecule is CCC(CC)(C(=O)Cl)C(=O)Oc1ccccc1OC. The van der Waals surface area contributed by atoms with Gasteiger partial charge in [-0.3, -0.25) is 9.59 Å². The van der Waals surface area contributed by atoms with Gasteiger partial charge in [-0.2, -0.15) is 0 Å². The van der Waals surface area contributed by atoms with E-state index in [2.05, 4.69) is 0 Å². The van der Waals surface area contributed by atoms with Crippen molar-refractivity contribution in [3.63, 3.8) is 0 Å². The lowest BCUT2D eigenvalue weighted by atomic mass is 9.84. The highest BCUT2D eigenvalue weighted by atomic mass is 35.5. The fourth-order valence-electron chi connectivity index (χ4n) is 1.80. The van der Waals surface area contributed by atoms with Gasteiger partial charge in [0.15, 0.2) is 11.5 Å². The predicted octanol–water partition coefficient (Wildman–Crippen LogP) is 3.17. The van der Waals surface area contributed by atoms with Gasteiger partial charge < -0.3 is 9.47 Å². The Hall–Kier alpha value is -1.55. The molecule has 0 aliphatic heterocycles. The van der Waals surface area contributed by atoms with Gasteiger partial charge in [0.05, 0.1) is 7.11 Å². The van der Waals surface area contributed by atoms with Crippen molar-refractivity contribution in [2.45, 2.75) is 26.7 Å². The van der Waals surface area contributed by atoms with Crippen LogP contribution in [-0.4, -0.2) is 18.3 Å². The van der Waals surface area contributed by atoms with Crippen molar-refractivity contribution in [3.8, 4) is 11.5 Å². The van der Waals surface area contributed by atoms with E-state index < -0.39 is 16.6 Å². The van der Waals surface area contributed by atoms with Crippen LogP contribution in [-0.2, 0) is 9.59 Å². The first-order chi connectivity index (χ1) is 9.01. The lowest BCUT2D eigenvalue weighted by Gasteiger charge is -2.24. The number of hydrogen-bond donors (Lipinski definition) is 0. The molecule has 0 bridgehead atoms. The molecule has 0 heterocycles. The van der Waals surface area contributed by atoms with E-state index in [0.29, 0.717) is 18.6 Å². The number of hydrogen-bond acceptors (Lipinski definition) is 4. The van der Waals surface area contributed by atoms with Crippen LogP contribution >= 0.6 is 11.6 Å². The Labute approximate surface area is 117 Å².